The highest BCUT2D eigenvalue weighted by Gasteiger charge is 2.30. The van der Waals surface area contributed by atoms with Crippen molar-refractivity contribution in [2.45, 2.75) is 57.8 Å². The number of anilines is 1. The summed E-state index contributed by atoms with van der Waals surface area (Å²) in [6.07, 6.45) is 13.5. The van der Waals surface area contributed by atoms with Gasteiger partial charge in [0, 0.05) is 23.7 Å². The summed E-state index contributed by atoms with van der Waals surface area (Å²) >= 11 is 0. The molecule has 1 aliphatic carbocycles. The van der Waals surface area contributed by atoms with Crippen molar-refractivity contribution in [2.75, 3.05) is 11.9 Å². The quantitative estimate of drug-likeness (QED) is 0.641. The van der Waals surface area contributed by atoms with Gasteiger partial charge in [-0.15, -0.1) is 0 Å². The number of nitrogens with one attached hydrogen (secondary N) is 1. The van der Waals surface area contributed by atoms with Crippen molar-refractivity contribution in [3.63, 3.8) is 0 Å². The largest absolute Gasteiger partial charge is 0.369 e. The van der Waals surface area contributed by atoms with Crippen LogP contribution in [0.1, 0.15) is 62.6 Å². The number of rotatable bonds is 8. The summed E-state index contributed by atoms with van der Waals surface area (Å²) in [4.78, 5) is 4.65. The summed E-state index contributed by atoms with van der Waals surface area (Å²) < 4.78 is 0. The number of nitrogens with zero attached hydrogens (tertiary/aromatic N) is 1. The highest BCUT2D eigenvalue weighted by molar-refractivity contribution is 5.67. The molecule has 0 saturated carbocycles. The lowest BCUT2D eigenvalue weighted by Gasteiger charge is -2.35. The number of pyridine rings is 1. The Bertz CT molecular complexity index is 697. The second-order valence-electron chi connectivity index (χ2n) is 7.17. The van der Waals surface area contributed by atoms with Gasteiger partial charge in [0.25, 0.3) is 0 Å². The lowest BCUT2D eigenvalue weighted by Crippen LogP contribution is -2.35. The highest BCUT2D eigenvalue weighted by atomic mass is 15.0. The second-order valence-corrected chi connectivity index (χ2v) is 7.17. The van der Waals surface area contributed by atoms with Gasteiger partial charge in [-0.05, 0) is 42.9 Å². The van der Waals surface area contributed by atoms with Gasteiger partial charge in [-0.2, -0.15) is 0 Å². The summed E-state index contributed by atoms with van der Waals surface area (Å²) in [7, 11) is 0. The zero-order valence-corrected chi connectivity index (χ0v) is 15.6. The third-order valence-corrected chi connectivity index (χ3v) is 5.38. The molecule has 1 aromatic carbocycles. The lowest BCUT2D eigenvalue weighted by molar-refractivity contribution is 0.375. The van der Waals surface area contributed by atoms with Crippen molar-refractivity contribution >= 4 is 11.9 Å². The third kappa shape index (κ3) is 3.95. The molecule has 0 fully saturated rings. The van der Waals surface area contributed by atoms with Crippen molar-refractivity contribution in [3.8, 4) is 0 Å². The van der Waals surface area contributed by atoms with Gasteiger partial charge in [0.15, 0.2) is 0 Å². The maximum Gasteiger partial charge on any atom is 0.133 e. The van der Waals surface area contributed by atoms with Gasteiger partial charge < -0.3 is 5.32 Å². The fourth-order valence-electron chi connectivity index (χ4n) is 4.19. The van der Waals surface area contributed by atoms with Crippen LogP contribution in [0.15, 0.2) is 48.7 Å². The molecule has 1 N–H and O–H groups in total. The van der Waals surface area contributed by atoms with E-state index in [4.69, 9.17) is 0 Å². The first kappa shape index (κ1) is 17.7. The molecule has 1 aliphatic rings. The van der Waals surface area contributed by atoms with Crippen molar-refractivity contribution < 1.29 is 0 Å². The maximum atomic E-state index is 4.65. The van der Waals surface area contributed by atoms with E-state index in [1.807, 2.05) is 6.20 Å². The molecule has 1 heterocycles. The molecular formula is C23H30N2. The van der Waals surface area contributed by atoms with Crippen LogP contribution < -0.4 is 5.32 Å². The molecule has 1 aromatic heterocycles. The maximum absolute atomic E-state index is 4.65. The summed E-state index contributed by atoms with van der Waals surface area (Å²) in [5.41, 5.74) is 4.32. The summed E-state index contributed by atoms with van der Waals surface area (Å²) in [6, 6.07) is 13.2. The van der Waals surface area contributed by atoms with Crippen LogP contribution in [-0.4, -0.2) is 11.5 Å². The van der Waals surface area contributed by atoms with Crippen LogP contribution in [0.25, 0.3) is 6.08 Å². The first-order valence-electron chi connectivity index (χ1n) is 9.73. The van der Waals surface area contributed by atoms with Crippen molar-refractivity contribution in [2.24, 2.45) is 0 Å². The Morgan fingerprint density at radius 2 is 1.80 bits per heavy atom. The Morgan fingerprint density at radius 3 is 2.52 bits per heavy atom. The topological polar surface area (TPSA) is 24.9 Å². The van der Waals surface area contributed by atoms with Gasteiger partial charge in [0.05, 0.1) is 0 Å². The standard InChI is InChI=1S/C23H30N2/c1-3-15-23(16-4-2,20-11-6-5-7-12-20)18-25-22-21-13-9-8-10-19(21)14-17-24-22/h5-7,9,11-14,17H,3-4,8,10,15-16,18H2,1-2H3,(H,24,25). The predicted molar refractivity (Wildman–Crippen MR) is 108 cm³/mol. The first-order valence-corrected chi connectivity index (χ1v) is 9.73. The number of fused-ring (bicyclic) bond motifs is 1. The van der Waals surface area contributed by atoms with E-state index in [1.165, 1.54) is 42.4 Å². The van der Waals surface area contributed by atoms with Crippen molar-refractivity contribution in [3.05, 3.63) is 65.4 Å². The van der Waals surface area contributed by atoms with E-state index in [0.717, 1.165) is 25.2 Å². The van der Waals surface area contributed by atoms with Crippen LogP contribution in [0.3, 0.4) is 0 Å². The minimum Gasteiger partial charge on any atom is -0.369 e. The van der Waals surface area contributed by atoms with Crippen LogP contribution in [-0.2, 0) is 11.8 Å². The Kier molecular flexibility index (Phi) is 5.91. The van der Waals surface area contributed by atoms with Gasteiger partial charge >= 0.3 is 0 Å². The number of benzene rings is 1. The van der Waals surface area contributed by atoms with Gasteiger partial charge in [-0.25, -0.2) is 4.98 Å². The van der Waals surface area contributed by atoms with E-state index in [-0.39, 0.29) is 5.41 Å². The van der Waals surface area contributed by atoms with E-state index >= 15 is 0 Å². The van der Waals surface area contributed by atoms with Gasteiger partial charge in [-0.3, -0.25) is 0 Å². The number of aryl methyl sites for hydroxylation is 1. The Balaban J connectivity index is 1.88. The van der Waals surface area contributed by atoms with Crippen LogP contribution in [0, 0.1) is 0 Å². The molecule has 0 saturated heterocycles. The average Bonchev–Trinajstić information content (AvgIpc) is 2.67. The zero-order valence-electron chi connectivity index (χ0n) is 15.6. The van der Waals surface area contributed by atoms with Gasteiger partial charge in [-0.1, -0.05) is 69.2 Å². The van der Waals surface area contributed by atoms with Crippen LogP contribution in [0.4, 0.5) is 5.82 Å². The van der Waals surface area contributed by atoms with Crippen LogP contribution in [0.2, 0.25) is 0 Å². The fourth-order valence-corrected chi connectivity index (χ4v) is 4.19. The molecule has 3 rings (SSSR count). The van der Waals surface area contributed by atoms with Crippen molar-refractivity contribution in [1.82, 2.24) is 4.98 Å². The number of hydrogen-bond donors (Lipinski definition) is 1. The van der Waals surface area contributed by atoms with E-state index < -0.39 is 0 Å². The second kappa shape index (κ2) is 8.33. The minimum atomic E-state index is 0.174. The third-order valence-electron chi connectivity index (χ3n) is 5.38. The van der Waals surface area contributed by atoms with Gasteiger partial charge in [0.2, 0.25) is 0 Å². The van der Waals surface area contributed by atoms with E-state index in [9.17, 15) is 0 Å². The molecule has 0 bridgehead atoms. The Morgan fingerprint density at radius 1 is 1.04 bits per heavy atom. The molecule has 25 heavy (non-hydrogen) atoms. The molecule has 0 amide bonds. The van der Waals surface area contributed by atoms with Crippen LogP contribution >= 0.6 is 0 Å². The molecule has 2 heteroatoms. The Labute approximate surface area is 152 Å². The summed E-state index contributed by atoms with van der Waals surface area (Å²) in [6.45, 7) is 5.52. The predicted octanol–water partition coefficient (Wildman–Crippen LogP) is 5.99. The molecule has 0 unspecified atom stereocenters. The van der Waals surface area contributed by atoms with Crippen LogP contribution in [0.5, 0.6) is 0 Å². The molecule has 0 radical (unpaired) electrons. The smallest absolute Gasteiger partial charge is 0.133 e. The van der Waals surface area contributed by atoms with E-state index in [2.05, 4.69) is 72.7 Å². The SMILES string of the molecule is CCCC(CCC)(CNc1nccc2c1C=CCC2)c1ccccc1. The number of allylic oxidation sites excluding steroid dienone is 1. The molecule has 132 valence electrons. The minimum absolute atomic E-state index is 0.174. The molecule has 2 nitrogen and oxygen atoms in total. The number of hydrogen-bond acceptors (Lipinski definition) is 2. The van der Waals surface area contributed by atoms with E-state index in [1.54, 1.807) is 0 Å². The zero-order chi connectivity index (χ0) is 17.5. The first-order chi connectivity index (χ1) is 12.3. The molecule has 2 aromatic rings. The van der Waals surface area contributed by atoms with Crippen molar-refractivity contribution in [1.29, 1.82) is 0 Å². The number of aromatic nitrogens is 1. The highest BCUT2D eigenvalue weighted by Crippen LogP contribution is 2.35. The Hall–Kier alpha value is -2.09. The molecule has 0 spiro atoms. The molecule has 0 aliphatic heterocycles. The lowest BCUT2D eigenvalue weighted by atomic mass is 9.73. The van der Waals surface area contributed by atoms with Gasteiger partial charge in [0.1, 0.15) is 5.82 Å². The molecular weight excluding hydrogens is 304 g/mol. The summed E-state index contributed by atoms with van der Waals surface area (Å²) in [5, 5.41) is 3.72. The monoisotopic (exact) mass is 334 g/mol. The molecule has 0 atom stereocenters. The summed E-state index contributed by atoms with van der Waals surface area (Å²) in [5.74, 6) is 1.04. The fraction of sp³-hybridized carbons (Fsp3) is 0.435. The normalized spacial score (nSPS) is 13.5. The average molecular weight is 335 g/mol. The van der Waals surface area contributed by atoms with E-state index in [0.29, 0.717) is 0 Å².